The first-order valence-corrected chi connectivity index (χ1v) is 17.3. The van der Waals surface area contributed by atoms with Crippen LogP contribution in [0.25, 0.3) is 5.57 Å². The predicted octanol–water partition coefficient (Wildman–Crippen LogP) is 7.80. The standard InChI is InChI=1S/C43H34ClNO5/c1-2-10-26-13-9-16-32(39(26)47)38-30-21-22-31-37(42(50)45(41(31)49)29-19-17-28(44)18-20-29)34(30)23-35-40(48)33(25-11-5-3-6-12-25)24-36(46)43(35,38)27-14-7-4-8-15-27/h2-9,11-21,24,31,34-35,37-38,47H,1,10,22-23H2/t31-,34+,35-,37-,38+,43-/m0/s1. The Morgan fingerprint density at radius 1 is 0.840 bits per heavy atom. The zero-order valence-corrected chi connectivity index (χ0v) is 27.9. The second kappa shape index (κ2) is 12.2. The van der Waals surface area contributed by atoms with E-state index in [1.807, 2.05) is 84.9 Å². The minimum atomic E-state index is -1.42. The van der Waals surface area contributed by atoms with E-state index in [2.05, 4.69) is 6.58 Å². The van der Waals surface area contributed by atoms with E-state index in [0.29, 0.717) is 45.0 Å². The van der Waals surface area contributed by atoms with Gasteiger partial charge in [0.05, 0.1) is 22.9 Å². The van der Waals surface area contributed by atoms with Crippen LogP contribution in [0.15, 0.2) is 134 Å². The van der Waals surface area contributed by atoms with Gasteiger partial charge in [0.25, 0.3) is 0 Å². The van der Waals surface area contributed by atoms with Gasteiger partial charge in [-0.2, -0.15) is 0 Å². The highest BCUT2D eigenvalue weighted by atomic mass is 35.5. The molecule has 2 amide bonds. The normalized spacial score (nSPS) is 27.2. The number of nitrogens with zero attached hydrogens (tertiary/aromatic N) is 1. The fourth-order valence-corrected chi connectivity index (χ4v) is 9.35. The second-order valence-corrected chi connectivity index (χ2v) is 14.1. The number of para-hydroxylation sites is 1. The molecule has 0 aromatic heterocycles. The molecule has 8 rings (SSSR count). The summed E-state index contributed by atoms with van der Waals surface area (Å²) in [7, 11) is 0. The number of anilines is 1. The number of rotatable bonds is 6. The van der Waals surface area contributed by atoms with Crippen LogP contribution in [0.4, 0.5) is 5.69 Å². The summed E-state index contributed by atoms with van der Waals surface area (Å²) in [6, 6.07) is 30.7. The third kappa shape index (κ3) is 4.62. The maximum absolute atomic E-state index is 15.2. The van der Waals surface area contributed by atoms with E-state index in [0.717, 1.165) is 5.57 Å². The van der Waals surface area contributed by atoms with Crippen LogP contribution < -0.4 is 4.90 Å². The molecule has 4 aromatic carbocycles. The number of imide groups is 1. The Morgan fingerprint density at radius 2 is 1.54 bits per heavy atom. The van der Waals surface area contributed by atoms with Crippen molar-refractivity contribution < 1.29 is 24.3 Å². The number of phenols is 1. The summed E-state index contributed by atoms with van der Waals surface area (Å²) in [5, 5.41) is 12.5. The van der Waals surface area contributed by atoms with Crippen LogP contribution in [0.2, 0.25) is 5.02 Å². The molecule has 248 valence electrons. The summed E-state index contributed by atoms with van der Waals surface area (Å²) in [5.41, 5.74) is 2.62. The summed E-state index contributed by atoms with van der Waals surface area (Å²) in [5.74, 6) is -4.62. The maximum atomic E-state index is 15.2. The van der Waals surface area contributed by atoms with Crippen molar-refractivity contribution in [2.45, 2.75) is 30.6 Å². The van der Waals surface area contributed by atoms with Gasteiger partial charge < -0.3 is 5.11 Å². The molecule has 50 heavy (non-hydrogen) atoms. The van der Waals surface area contributed by atoms with Gasteiger partial charge in [-0.25, -0.2) is 0 Å². The number of phenolic OH excluding ortho intramolecular Hbond substituents is 1. The number of Topliss-reactive ketones (excluding diaryl/α,β-unsaturated/α-hetero) is 1. The third-order valence-electron chi connectivity index (χ3n) is 11.3. The van der Waals surface area contributed by atoms with E-state index >= 15 is 9.59 Å². The lowest BCUT2D eigenvalue weighted by Gasteiger charge is -2.55. The molecule has 0 radical (unpaired) electrons. The topological polar surface area (TPSA) is 91.8 Å². The Morgan fingerprint density at radius 3 is 2.24 bits per heavy atom. The zero-order chi connectivity index (χ0) is 34.7. The van der Waals surface area contributed by atoms with Gasteiger partial charge in [0.15, 0.2) is 11.6 Å². The Labute approximate surface area is 295 Å². The highest BCUT2D eigenvalue weighted by molar-refractivity contribution is 6.32. The molecule has 4 aliphatic rings. The highest BCUT2D eigenvalue weighted by Gasteiger charge is 2.66. The molecule has 7 heteroatoms. The van der Waals surface area contributed by atoms with Crippen LogP contribution >= 0.6 is 11.6 Å². The summed E-state index contributed by atoms with van der Waals surface area (Å²) >= 11 is 6.15. The van der Waals surface area contributed by atoms with Gasteiger partial charge in [-0.1, -0.05) is 108 Å². The second-order valence-electron chi connectivity index (χ2n) is 13.6. The molecule has 3 aliphatic carbocycles. The van der Waals surface area contributed by atoms with E-state index in [1.165, 1.54) is 11.0 Å². The lowest BCUT2D eigenvalue weighted by atomic mass is 9.44. The van der Waals surface area contributed by atoms with Gasteiger partial charge in [-0.15, -0.1) is 6.58 Å². The first-order chi connectivity index (χ1) is 24.3. The molecular formula is C43H34ClNO5. The molecule has 1 N–H and O–H groups in total. The first kappa shape index (κ1) is 31.9. The van der Waals surface area contributed by atoms with Crippen LogP contribution in [0.5, 0.6) is 5.75 Å². The number of carbonyl (C=O) groups is 4. The van der Waals surface area contributed by atoms with Gasteiger partial charge in [-0.05, 0) is 72.2 Å². The zero-order valence-electron chi connectivity index (χ0n) is 27.2. The summed E-state index contributed by atoms with van der Waals surface area (Å²) in [6.07, 6.45) is 6.07. The van der Waals surface area contributed by atoms with Gasteiger partial charge >= 0.3 is 0 Å². The average Bonchev–Trinajstić information content (AvgIpc) is 3.40. The molecule has 2 fully saturated rings. The molecule has 1 aliphatic heterocycles. The number of hydrogen-bond donors (Lipinski definition) is 1. The van der Waals surface area contributed by atoms with E-state index in [9.17, 15) is 14.7 Å². The van der Waals surface area contributed by atoms with Gasteiger partial charge in [0, 0.05) is 28.0 Å². The van der Waals surface area contributed by atoms with Crippen molar-refractivity contribution in [2.24, 2.45) is 23.7 Å². The number of allylic oxidation sites excluding steroid dienone is 5. The monoisotopic (exact) mass is 679 g/mol. The van der Waals surface area contributed by atoms with Crippen LogP contribution in [0.1, 0.15) is 41.0 Å². The molecule has 0 bridgehead atoms. The van der Waals surface area contributed by atoms with Crippen molar-refractivity contribution in [1.82, 2.24) is 0 Å². The first-order valence-electron chi connectivity index (χ1n) is 16.9. The van der Waals surface area contributed by atoms with Crippen molar-refractivity contribution >= 4 is 46.2 Å². The average molecular weight is 680 g/mol. The van der Waals surface area contributed by atoms with Gasteiger partial charge in [0.1, 0.15) is 5.75 Å². The number of amides is 2. The van der Waals surface area contributed by atoms with Crippen LogP contribution in [-0.2, 0) is 31.0 Å². The third-order valence-corrected chi connectivity index (χ3v) is 11.5. The molecule has 0 unspecified atom stereocenters. The summed E-state index contributed by atoms with van der Waals surface area (Å²) < 4.78 is 0. The van der Waals surface area contributed by atoms with E-state index in [1.54, 1.807) is 30.3 Å². The van der Waals surface area contributed by atoms with Crippen molar-refractivity contribution in [3.05, 3.63) is 161 Å². The fraction of sp³-hybridized carbons (Fsp3) is 0.209. The molecule has 1 saturated heterocycles. The molecule has 1 heterocycles. The Kier molecular flexibility index (Phi) is 7.80. The van der Waals surface area contributed by atoms with Crippen LogP contribution in [0.3, 0.4) is 0 Å². The number of fused-ring (bicyclic) bond motifs is 4. The molecule has 0 spiro atoms. The highest BCUT2D eigenvalue weighted by Crippen LogP contribution is 2.64. The van der Waals surface area contributed by atoms with Crippen LogP contribution in [-0.4, -0.2) is 28.5 Å². The summed E-state index contributed by atoms with van der Waals surface area (Å²) in [4.78, 5) is 60.0. The van der Waals surface area contributed by atoms with Crippen molar-refractivity contribution in [3.8, 4) is 5.75 Å². The Bertz CT molecular complexity index is 2140. The number of halogens is 1. The molecule has 1 saturated carbocycles. The maximum Gasteiger partial charge on any atom is 0.238 e. The van der Waals surface area contributed by atoms with Crippen LogP contribution in [0, 0.1) is 23.7 Å². The van der Waals surface area contributed by atoms with Crippen molar-refractivity contribution in [2.75, 3.05) is 4.90 Å². The number of carbonyl (C=O) groups excluding carboxylic acids is 4. The van der Waals surface area contributed by atoms with Crippen molar-refractivity contribution in [1.29, 1.82) is 0 Å². The van der Waals surface area contributed by atoms with E-state index < -0.39 is 35.0 Å². The van der Waals surface area contributed by atoms with Gasteiger partial charge in [-0.3, -0.25) is 24.1 Å². The number of hydrogen-bond acceptors (Lipinski definition) is 5. The molecule has 4 aromatic rings. The number of aromatic hydroxyl groups is 1. The predicted molar refractivity (Wildman–Crippen MR) is 193 cm³/mol. The SMILES string of the molecule is C=CCc1cccc([C@H]2C3=CC[C@@H]4C(=O)N(c5ccc(Cl)cc5)C(=O)[C@@H]4[C@@H]3C[C@H]3C(=O)C(c4ccccc4)=CC(=O)[C@@]23c2ccccc2)c1O. The quantitative estimate of drug-likeness (QED) is 0.166. The van der Waals surface area contributed by atoms with E-state index in [4.69, 9.17) is 11.6 Å². The molecule has 6 nitrogen and oxygen atoms in total. The Balaban J connectivity index is 1.38. The van der Waals surface area contributed by atoms with Crippen molar-refractivity contribution in [3.63, 3.8) is 0 Å². The lowest BCUT2D eigenvalue weighted by molar-refractivity contribution is -0.135. The number of ketones is 2. The summed E-state index contributed by atoms with van der Waals surface area (Å²) in [6.45, 7) is 3.87. The Hall–Kier alpha value is -5.33. The fourth-order valence-electron chi connectivity index (χ4n) is 9.23. The molecular weight excluding hydrogens is 646 g/mol. The van der Waals surface area contributed by atoms with E-state index in [-0.39, 0.29) is 42.0 Å². The van der Waals surface area contributed by atoms with Gasteiger partial charge in [0.2, 0.25) is 11.8 Å². The lowest BCUT2D eigenvalue weighted by Crippen LogP contribution is -2.58. The number of benzene rings is 4. The minimum absolute atomic E-state index is 0.0323. The minimum Gasteiger partial charge on any atom is -0.507 e. The molecule has 6 atom stereocenters. The smallest absolute Gasteiger partial charge is 0.238 e. The largest absolute Gasteiger partial charge is 0.507 e.